The van der Waals surface area contributed by atoms with Crippen LogP contribution in [0.5, 0.6) is 0 Å². The molecule has 0 saturated carbocycles. The van der Waals surface area contributed by atoms with Crippen LogP contribution in [0, 0.1) is 11.8 Å². The van der Waals surface area contributed by atoms with Gasteiger partial charge in [0.1, 0.15) is 0 Å². The summed E-state index contributed by atoms with van der Waals surface area (Å²) in [4.78, 5) is 27.1. The van der Waals surface area contributed by atoms with Crippen LogP contribution >= 0.6 is 0 Å². The number of anilines is 2. The predicted octanol–water partition coefficient (Wildman–Crippen LogP) is 4.88. The summed E-state index contributed by atoms with van der Waals surface area (Å²) in [6.45, 7) is 8.47. The number of amides is 2. The largest absolute Gasteiger partial charge is 0.371 e. The third-order valence-corrected chi connectivity index (χ3v) is 5.84. The van der Waals surface area contributed by atoms with Gasteiger partial charge < -0.3 is 15.5 Å². The summed E-state index contributed by atoms with van der Waals surface area (Å²) in [6, 6.07) is 16.4. The molecule has 5 nitrogen and oxygen atoms in total. The lowest BCUT2D eigenvalue weighted by molar-refractivity contribution is -0.115. The van der Waals surface area contributed by atoms with Gasteiger partial charge in [-0.15, -0.1) is 0 Å². The SMILES string of the molecule is CCC(=O)Nc1ccc(N2CCC(Cc3ccccc3)CC2)c(C(=O)NCC(C)C)c1. The number of benzene rings is 2. The van der Waals surface area contributed by atoms with Crippen LogP contribution in [0.1, 0.15) is 56.0 Å². The zero-order valence-electron chi connectivity index (χ0n) is 19.0. The van der Waals surface area contributed by atoms with Crippen LogP contribution in [-0.2, 0) is 11.2 Å². The highest BCUT2D eigenvalue weighted by molar-refractivity contribution is 6.02. The molecule has 5 heteroatoms. The molecular formula is C26H35N3O2. The van der Waals surface area contributed by atoms with Crippen molar-refractivity contribution in [2.24, 2.45) is 11.8 Å². The third-order valence-electron chi connectivity index (χ3n) is 5.84. The molecule has 2 N–H and O–H groups in total. The minimum Gasteiger partial charge on any atom is -0.371 e. The van der Waals surface area contributed by atoms with Crippen molar-refractivity contribution >= 4 is 23.2 Å². The van der Waals surface area contributed by atoms with E-state index in [1.807, 2.05) is 25.1 Å². The second-order valence-electron chi connectivity index (χ2n) is 8.86. The first-order valence-corrected chi connectivity index (χ1v) is 11.5. The molecule has 166 valence electrons. The van der Waals surface area contributed by atoms with Crippen LogP contribution in [0.3, 0.4) is 0 Å². The lowest BCUT2D eigenvalue weighted by atomic mass is 9.89. The Hall–Kier alpha value is -2.82. The quantitative estimate of drug-likeness (QED) is 0.639. The first-order valence-electron chi connectivity index (χ1n) is 11.5. The van der Waals surface area contributed by atoms with Gasteiger partial charge >= 0.3 is 0 Å². The number of hydrogen-bond acceptors (Lipinski definition) is 3. The van der Waals surface area contributed by atoms with Crippen LogP contribution in [0.25, 0.3) is 0 Å². The molecule has 1 heterocycles. The first-order chi connectivity index (χ1) is 15.0. The van der Waals surface area contributed by atoms with Crippen LogP contribution in [0.2, 0.25) is 0 Å². The molecule has 0 bridgehead atoms. The van der Waals surface area contributed by atoms with Crippen LogP contribution in [0.4, 0.5) is 11.4 Å². The molecule has 2 aromatic rings. The lowest BCUT2D eigenvalue weighted by Crippen LogP contribution is -2.36. The molecule has 3 rings (SSSR count). The second-order valence-corrected chi connectivity index (χ2v) is 8.86. The average Bonchev–Trinajstić information content (AvgIpc) is 2.78. The Morgan fingerprint density at radius 1 is 1.06 bits per heavy atom. The van der Waals surface area contributed by atoms with E-state index in [2.05, 4.69) is 59.7 Å². The van der Waals surface area contributed by atoms with Crippen LogP contribution in [-0.4, -0.2) is 31.4 Å². The fourth-order valence-corrected chi connectivity index (χ4v) is 4.04. The maximum atomic E-state index is 13.0. The summed E-state index contributed by atoms with van der Waals surface area (Å²) < 4.78 is 0. The summed E-state index contributed by atoms with van der Waals surface area (Å²) in [7, 11) is 0. The van der Waals surface area contributed by atoms with Gasteiger partial charge in [0, 0.05) is 37.4 Å². The zero-order valence-corrected chi connectivity index (χ0v) is 19.0. The van der Waals surface area contributed by atoms with E-state index in [4.69, 9.17) is 0 Å². The minimum atomic E-state index is -0.0808. The van der Waals surface area contributed by atoms with Crippen molar-refractivity contribution in [2.45, 2.75) is 46.5 Å². The Labute approximate surface area is 186 Å². The highest BCUT2D eigenvalue weighted by Gasteiger charge is 2.23. The molecule has 1 aliphatic rings. The molecule has 1 aliphatic heterocycles. The lowest BCUT2D eigenvalue weighted by Gasteiger charge is -2.35. The second kappa shape index (κ2) is 11.0. The normalized spacial score (nSPS) is 14.5. The van der Waals surface area contributed by atoms with E-state index in [-0.39, 0.29) is 11.8 Å². The van der Waals surface area contributed by atoms with Crippen molar-refractivity contribution in [3.8, 4) is 0 Å². The predicted molar refractivity (Wildman–Crippen MR) is 128 cm³/mol. The van der Waals surface area contributed by atoms with Gasteiger partial charge in [0.2, 0.25) is 5.91 Å². The zero-order chi connectivity index (χ0) is 22.2. The monoisotopic (exact) mass is 421 g/mol. The van der Waals surface area contributed by atoms with E-state index < -0.39 is 0 Å². The van der Waals surface area contributed by atoms with Gasteiger partial charge in [-0.05, 0) is 54.9 Å². The average molecular weight is 422 g/mol. The first kappa shape index (κ1) is 22.9. The van der Waals surface area contributed by atoms with Crippen LogP contribution in [0.15, 0.2) is 48.5 Å². The van der Waals surface area contributed by atoms with Crippen molar-refractivity contribution in [1.82, 2.24) is 5.32 Å². The maximum absolute atomic E-state index is 13.0. The van der Waals surface area contributed by atoms with Gasteiger partial charge in [-0.1, -0.05) is 51.1 Å². The van der Waals surface area contributed by atoms with Gasteiger partial charge in [-0.2, -0.15) is 0 Å². The molecule has 31 heavy (non-hydrogen) atoms. The van der Waals surface area contributed by atoms with E-state index in [0.717, 1.165) is 38.0 Å². The van der Waals surface area contributed by atoms with Crippen molar-refractivity contribution < 1.29 is 9.59 Å². The van der Waals surface area contributed by atoms with E-state index in [1.165, 1.54) is 5.56 Å². The summed E-state index contributed by atoms with van der Waals surface area (Å²) in [5.41, 5.74) is 3.65. The molecule has 0 aromatic heterocycles. The molecule has 0 spiro atoms. The molecule has 0 aliphatic carbocycles. The Kier molecular flexibility index (Phi) is 8.10. The van der Waals surface area contributed by atoms with E-state index in [9.17, 15) is 9.59 Å². The number of hydrogen-bond donors (Lipinski definition) is 2. The van der Waals surface area contributed by atoms with Crippen LogP contribution < -0.4 is 15.5 Å². The van der Waals surface area contributed by atoms with Gasteiger partial charge in [0.25, 0.3) is 5.91 Å². The van der Waals surface area contributed by atoms with Gasteiger partial charge in [0.05, 0.1) is 5.56 Å². The Bertz CT molecular complexity index is 871. The molecule has 1 fully saturated rings. The smallest absolute Gasteiger partial charge is 0.253 e. The molecule has 1 saturated heterocycles. The molecule has 0 radical (unpaired) electrons. The molecular weight excluding hydrogens is 386 g/mol. The number of rotatable bonds is 8. The number of carbonyl (C=O) groups is 2. The van der Waals surface area contributed by atoms with E-state index >= 15 is 0 Å². The van der Waals surface area contributed by atoms with E-state index in [0.29, 0.717) is 36.1 Å². The van der Waals surface area contributed by atoms with Gasteiger partial charge in [0.15, 0.2) is 0 Å². The number of piperidine rings is 1. The topological polar surface area (TPSA) is 61.4 Å². The molecule has 2 amide bonds. The summed E-state index contributed by atoms with van der Waals surface area (Å²) >= 11 is 0. The van der Waals surface area contributed by atoms with Crippen molar-refractivity contribution in [2.75, 3.05) is 29.9 Å². The highest BCUT2D eigenvalue weighted by Crippen LogP contribution is 2.30. The van der Waals surface area contributed by atoms with Crippen molar-refractivity contribution in [3.05, 3.63) is 59.7 Å². The Morgan fingerprint density at radius 2 is 1.77 bits per heavy atom. The fourth-order valence-electron chi connectivity index (χ4n) is 4.04. The minimum absolute atomic E-state index is 0.0528. The number of nitrogens with one attached hydrogen (secondary N) is 2. The van der Waals surface area contributed by atoms with Crippen molar-refractivity contribution in [3.63, 3.8) is 0 Å². The molecule has 2 aromatic carbocycles. The Balaban J connectivity index is 1.73. The summed E-state index contributed by atoms with van der Waals surface area (Å²) in [5, 5.41) is 5.91. The fraction of sp³-hybridized carbons (Fsp3) is 0.462. The standard InChI is InChI=1S/C26H35N3O2/c1-4-25(30)28-22-10-11-24(23(17-22)26(31)27-18-19(2)3)29-14-12-21(13-15-29)16-20-8-6-5-7-9-20/h5-11,17,19,21H,4,12-16,18H2,1-3H3,(H,27,31)(H,28,30). The maximum Gasteiger partial charge on any atom is 0.253 e. The van der Waals surface area contributed by atoms with E-state index in [1.54, 1.807) is 0 Å². The van der Waals surface area contributed by atoms with Crippen molar-refractivity contribution in [1.29, 1.82) is 0 Å². The van der Waals surface area contributed by atoms with Gasteiger partial charge in [-0.3, -0.25) is 9.59 Å². The summed E-state index contributed by atoms with van der Waals surface area (Å²) in [6.07, 6.45) is 3.73. The van der Waals surface area contributed by atoms with Gasteiger partial charge in [-0.25, -0.2) is 0 Å². The number of carbonyl (C=O) groups excluding carboxylic acids is 2. The molecule has 0 unspecified atom stereocenters. The third kappa shape index (κ3) is 6.58. The molecule has 0 atom stereocenters. The number of nitrogens with zero attached hydrogens (tertiary/aromatic N) is 1. The summed E-state index contributed by atoms with van der Waals surface area (Å²) in [5.74, 6) is 0.912. The Morgan fingerprint density at radius 3 is 2.42 bits per heavy atom. The highest BCUT2D eigenvalue weighted by atomic mass is 16.2.